The second-order valence-electron chi connectivity index (χ2n) is 12.2. The van der Waals surface area contributed by atoms with Crippen LogP contribution in [0.5, 0.6) is 0 Å². The van der Waals surface area contributed by atoms with Gasteiger partial charge in [-0.25, -0.2) is 0 Å². The summed E-state index contributed by atoms with van der Waals surface area (Å²) in [7, 11) is 0. The monoisotopic (exact) mass is 731 g/mol. The molecule has 2 aliphatic carbocycles. The number of benzene rings is 2. The number of hydrogen-bond acceptors (Lipinski definition) is 3. The third kappa shape index (κ3) is 7.96. The van der Waals surface area contributed by atoms with Gasteiger partial charge in [0.1, 0.15) is 0 Å². The van der Waals surface area contributed by atoms with E-state index in [-0.39, 0.29) is 43.5 Å². The number of fused-ring (bicyclic) bond motifs is 3. The predicted molar refractivity (Wildman–Crippen MR) is 168 cm³/mol. The largest absolute Gasteiger partial charge is 0.512 e. The van der Waals surface area contributed by atoms with Crippen molar-refractivity contribution in [1.29, 1.82) is 0 Å². The van der Waals surface area contributed by atoms with Crippen molar-refractivity contribution in [3.05, 3.63) is 77.2 Å². The molecular weight excluding hydrogens is 683 g/mol. The Kier molecular flexibility index (Phi) is 12.4. The predicted octanol–water partition coefficient (Wildman–Crippen LogP) is 10.1. The third-order valence-corrected chi connectivity index (χ3v) is 9.44. The fourth-order valence-electron chi connectivity index (χ4n) is 7.09. The minimum Gasteiger partial charge on any atom is -0.512 e. The third-order valence-electron chi connectivity index (χ3n) is 9.44. The number of allylic oxidation sites excluding steroid dienone is 2. The number of aryl methyl sites for hydroxylation is 2. The van der Waals surface area contributed by atoms with Crippen molar-refractivity contribution in [2.75, 3.05) is 0 Å². The maximum Gasteiger partial charge on any atom is 0.162 e. The number of rotatable bonds is 9. The molecule has 2 aromatic carbocycles. The molecule has 4 heteroatoms. The fraction of sp³-hybridized carbons (Fsp3) is 0.514. The normalized spacial score (nSPS) is 19.8. The van der Waals surface area contributed by atoms with Gasteiger partial charge in [0, 0.05) is 44.2 Å². The summed E-state index contributed by atoms with van der Waals surface area (Å²) in [5.74, 6) is 3.20. The number of aliphatic hydroxyl groups is 1. The van der Waals surface area contributed by atoms with Gasteiger partial charge in [-0.15, -0.1) is 34.9 Å². The van der Waals surface area contributed by atoms with Crippen LogP contribution in [0.1, 0.15) is 102 Å². The van der Waals surface area contributed by atoms with E-state index in [0.717, 1.165) is 54.7 Å². The minimum atomic E-state index is 0. The molecule has 0 aliphatic heterocycles. The number of nitrogens with zero attached hydrogens (tertiary/aromatic N) is 1. The number of aromatic nitrogens is 1. The molecule has 5 rings (SSSR count). The standard InChI is InChI=1S/C24H24N.C13H24O2.Ir/c1-15-9-16(2)11-21(10-15)24-23-14-20(6-5-18(23)7-8-25-24)22-13-17-3-4-19(22)12-17;1-5-10(6-2)12(14)9-13(15)11(7-3)8-4;/h5-10,14,17,19,22H,3-4,12-13H2,1-2H3;9-11,14H,5-8H2,1-4H3;/q-1;;/b;12-9-;. The van der Waals surface area contributed by atoms with E-state index in [9.17, 15) is 9.90 Å². The van der Waals surface area contributed by atoms with Crippen LogP contribution in [0.3, 0.4) is 0 Å². The Morgan fingerprint density at radius 1 is 0.976 bits per heavy atom. The van der Waals surface area contributed by atoms with Crippen LogP contribution in [-0.4, -0.2) is 15.9 Å². The first-order valence-electron chi connectivity index (χ1n) is 15.6. The van der Waals surface area contributed by atoms with Gasteiger partial charge in [-0.3, -0.25) is 4.79 Å². The summed E-state index contributed by atoms with van der Waals surface area (Å²) < 4.78 is 0. The van der Waals surface area contributed by atoms with Gasteiger partial charge in [0.05, 0.1) is 5.76 Å². The maximum atomic E-state index is 11.7. The van der Waals surface area contributed by atoms with Gasteiger partial charge in [-0.1, -0.05) is 66.2 Å². The average Bonchev–Trinajstić information content (AvgIpc) is 3.58. The molecule has 0 spiro atoms. The van der Waals surface area contributed by atoms with Crippen LogP contribution in [0.4, 0.5) is 0 Å². The summed E-state index contributed by atoms with van der Waals surface area (Å²) in [5, 5.41) is 12.3. The van der Waals surface area contributed by atoms with Crippen molar-refractivity contribution < 1.29 is 30.0 Å². The Hall–Kier alpha value is -2.29. The van der Waals surface area contributed by atoms with Crippen LogP contribution in [0.25, 0.3) is 22.0 Å². The van der Waals surface area contributed by atoms with Gasteiger partial charge in [-0.2, -0.15) is 0 Å². The second kappa shape index (κ2) is 15.3. The van der Waals surface area contributed by atoms with Crippen molar-refractivity contribution in [3.8, 4) is 11.3 Å². The molecule has 2 bridgehead atoms. The van der Waals surface area contributed by atoms with Crippen LogP contribution in [-0.2, 0) is 24.9 Å². The van der Waals surface area contributed by atoms with Gasteiger partial charge in [0.15, 0.2) is 5.78 Å². The quantitative estimate of drug-likeness (QED) is 0.136. The smallest absolute Gasteiger partial charge is 0.162 e. The molecule has 0 amide bonds. The summed E-state index contributed by atoms with van der Waals surface area (Å²) in [5.41, 5.74) is 6.17. The van der Waals surface area contributed by atoms with E-state index < -0.39 is 0 Å². The van der Waals surface area contributed by atoms with Crippen LogP contribution < -0.4 is 0 Å². The fourth-order valence-corrected chi connectivity index (χ4v) is 7.09. The number of ketones is 1. The second-order valence-corrected chi connectivity index (χ2v) is 12.2. The molecule has 3 atom stereocenters. The van der Waals surface area contributed by atoms with Gasteiger partial charge in [0.25, 0.3) is 0 Å². The topological polar surface area (TPSA) is 50.2 Å². The summed E-state index contributed by atoms with van der Waals surface area (Å²) in [6.45, 7) is 12.3. The number of aliphatic hydroxyl groups excluding tert-OH is 1. The molecule has 1 N–H and O–H groups in total. The summed E-state index contributed by atoms with van der Waals surface area (Å²) in [6, 6.07) is 17.1. The van der Waals surface area contributed by atoms with Crippen LogP contribution in [0, 0.1) is 43.6 Å². The molecule has 0 saturated heterocycles. The van der Waals surface area contributed by atoms with Crippen LogP contribution >= 0.6 is 0 Å². The molecule has 2 fully saturated rings. The molecule has 3 aromatic rings. The Bertz CT molecular complexity index is 1320. The summed E-state index contributed by atoms with van der Waals surface area (Å²) >= 11 is 0. The summed E-state index contributed by atoms with van der Waals surface area (Å²) in [4.78, 5) is 16.5. The van der Waals surface area contributed by atoms with E-state index in [0.29, 0.717) is 0 Å². The molecule has 1 aromatic heterocycles. The molecule has 3 nitrogen and oxygen atoms in total. The first-order valence-corrected chi connectivity index (χ1v) is 15.6. The number of carbonyl (C=O) groups is 1. The number of carbonyl (C=O) groups excluding carboxylic acids is 1. The molecule has 41 heavy (non-hydrogen) atoms. The van der Waals surface area contributed by atoms with Gasteiger partial charge in [0.2, 0.25) is 0 Å². The minimum absolute atomic E-state index is 0. The van der Waals surface area contributed by atoms with Gasteiger partial charge >= 0.3 is 0 Å². The van der Waals surface area contributed by atoms with Crippen LogP contribution in [0.15, 0.2) is 54.4 Å². The molecule has 2 saturated carbocycles. The first kappa shape index (κ1) is 33.2. The molecule has 1 radical (unpaired) electrons. The zero-order valence-electron chi connectivity index (χ0n) is 25.8. The zero-order valence-corrected chi connectivity index (χ0v) is 28.2. The Balaban J connectivity index is 0.000000253. The van der Waals surface area contributed by atoms with Crippen molar-refractivity contribution in [2.45, 2.75) is 98.8 Å². The Morgan fingerprint density at radius 2 is 1.68 bits per heavy atom. The van der Waals surface area contributed by atoms with Crippen LogP contribution in [0.2, 0.25) is 0 Å². The van der Waals surface area contributed by atoms with E-state index in [1.807, 2.05) is 33.9 Å². The van der Waals surface area contributed by atoms with Crippen molar-refractivity contribution in [3.63, 3.8) is 0 Å². The molecule has 1 heterocycles. The van der Waals surface area contributed by atoms with E-state index in [4.69, 9.17) is 4.98 Å². The SMILES string of the molecule is CCC(CC)C(=O)/C=C(\O)C(CC)CC.Cc1[c-]c(-c2nccc3ccc(C4CC5CCC4C5)cc23)cc(C)c1.[Ir]. The molecular formula is C37H48IrNO2-. The van der Waals surface area contributed by atoms with E-state index in [1.54, 1.807) is 0 Å². The first-order chi connectivity index (χ1) is 19.3. The van der Waals surface area contributed by atoms with Crippen molar-refractivity contribution in [1.82, 2.24) is 4.98 Å². The molecule has 223 valence electrons. The number of hydrogen-bond donors (Lipinski definition) is 1. The van der Waals surface area contributed by atoms with E-state index >= 15 is 0 Å². The van der Waals surface area contributed by atoms with Crippen molar-refractivity contribution in [2.24, 2.45) is 23.7 Å². The molecule has 2 aliphatic rings. The van der Waals surface area contributed by atoms with E-state index in [1.165, 1.54) is 59.2 Å². The maximum absolute atomic E-state index is 11.7. The Labute approximate surface area is 261 Å². The summed E-state index contributed by atoms with van der Waals surface area (Å²) in [6.07, 6.45) is 12.6. The average molecular weight is 731 g/mol. The van der Waals surface area contributed by atoms with Gasteiger partial charge in [-0.05, 0) is 90.8 Å². The zero-order chi connectivity index (χ0) is 28.8. The molecule has 3 unspecified atom stereocenters. The number of pyridine rings is 1. The van der Waals surface area contributed by atoms with Gasteiger partial charge < -0.3 is 10.1 Å². The Morgan fingerprint density at radius 3 is 2.27 bits per heavy atom. The van der Waals surface area contributed by atoms with E-state index in [2.05, 4.69) is 56.3 Å². The van der Waals surface area contributed by atoms with Crippen molar-refractivity contribution >= 4 is 16.6 Å².